The number of hydrogen-bond donors (Lipinski definition) is 0. The molecular weight excluding hydrogens is 172 g/mol. The first-order chi connectivity index (χ1) is 6.52. The van der Waals surface area contributed by atoms with Crippen LogP contribution in [-0.2, 0) is 6.42 Å². The van der Waals surface area contributed by atoms with Crippen molar-refractivity contribution in [3.05, 3.63) is 33.0 Å². The largest absolute Gasteiger partial charge is 0.289 e. The van der Waals surface area contributed by atoms with Crippen molar-refractivity contribution in [3.63, 3.8) is 0 Å². The summed E-state index contributed by atoms with van der Waals surface area (Å²) < 4.78 is 0. The lowest BCUT2D eigenvalue weighted by Gasteiger charge is -2.07. The Hall–Kier alpha value is -1.11. The van der Waals surface area contributed by atoms with E-state index in [9.17, 15) is 4.79 Å². The van der Waals surface area contributed by atoms with Crippen LogP contribution in [-0.4, -0.2) is 0 Å². The second-order valence-electron chi connectivity index (χ2n) is 4.67. The number of rotatable bonds is 2. The van der Waals surface area contributed by atoms with Crippen LogP contribution >= 0.6 is 0 Å². The fourth-order valence-corrected chi connectivity index (χ4v) is 2.19. The summed E-state index contributed by atoms with van der Waals surface area (Å²) in [6.45, 7) is 8.52. The minimum absolute atomic E-state index is 0.284. The zero-order valence-electron chi connectivity index (χ0n) is 9.27. The molecule has 0 aliphatic carbocycles. The van der Waals surface area contributed by atoms with E-state index in [1.54, 1.807) is 0 Å². The SMILES string of the molecule is Cc1cc(C)c2c(=O)c2c1CC(C)C. The first-order valence-electron chi connectivity index (χ1n) is 5.20. The molecule has 1 heteroatoms. The molecule has 2 rings (SSSR count). The maximum Gasteiger partial charge on any atom is 0.195 e. The summed E-state index contributed by atoms with van der Waals surface area (Å²) >= 11 is 0. The summed E-state index contributed by atoms with van der Waals surface area (Å²) in [6, 6.07) is 2.14. The number of hydrogen-bond acceptors (Lipinski definition) is 1. The Labute approximate surface area is 84.4 Å². The lowest BCUT2D eigenvalue weighted by molar-refractivity contribution is 0.648. The molecule has 0 fully saturated rings. The smallest absolute Gasteiger partial charge is 0.195 e. The average molecular weight is 188 g/mol. The highest BCUT2D eigenvalue weighted by atomic mass is 16.1. The van der Waals surface area contributed by atoms with E-state index in [2.05, 4.69) is 26.8 Å². The predicted octanol–water partition coefficient (Wildman–Crippen LogP) is 2.89. The zero-order valence-corrected chi connectivity index (χ0v) is 9.27. The minimum atomic E-state index is 0.284. The van der Waals surface area contributed by atoms with Gasteiger partial charge in [-0.05, 0) is 42.9 Å². The molecule has 0 saturated carbocycles. The van der Waals surface area contributed by atoms with E-state index in [1.165, 1.54) is 11.1 Å². The third-order valence-electron chi connectivity index (χ3n) is 2.86. The van der Waals surface area contributed by atoms with Gasteiger partial charge in [0, 0.05) is 10.8 Å². The van der Waals surface area contributed by atoms with E-state index in [4.69, 9.17) is 0 Å². The van der Waals surface area contributed by atoms with E-state index < -0.39 is 0 Å². The van der Waals surface area contributed by atoms with Gasteiger partial charge in [-0.2, -0.15) is 0 Å². The van der Waals surface area contributed by atoms with Crippen LogP contribution in [0.4, 0.5) is 0 Å². The monoisotopic (exact) mass is 188 g/mol. The van der Waals surface area contributed by atoms with Crippen LogP contribution in [0.3, 0.4) is 0 Å². The summed E-state index contributed by atoms with van der Waals surface area (Å²) in [5, 5.41) is 2.02. The summed E-state index contributed by atoms with van der Waals surface area (Å²) in [4.78, 5) is 11.5. The molecule has 0 bridgehead atoms. The van der Waals surface area contributed by atoms with Crippen LogP contribution in [0, 0.1) is 19.8 Å². The highest BCUT2D eigenvalue weighted by Crippen LogP contribution is 2.28. The van der Waals surface area contributed by atoms with Gasteiger partial charge in [-0.15, -0.1) is 0 Å². The Morgan fingerprint density at radius 2 is 1.79 bits per heavy atom. The van der Waals surface area contributed by atoms with Crippen LogP contribution < -0.4 is 5.43 Å². The van der Waals surface area contributed by atoms with Gasteiger partial charge in [-0.25, -0.2) is 0 Å². The second-order valence-corrected chi connectivity index (χ2v) is 4.67. The molecule has 0 amide bonds. The second kappa shape index (κ2) is 2.94. The minimum Gasteiger partial charge on any atom is -0.289 e. The lowest BCUT2D eigenvalue weighted by atomic mass is 9.97. The predicted molar refractivity (Wildman–Crippen MR) is 60.6 cm³/mol. The molecule has 0 aliphatic rings. The molecule has 0 radical (unpaired) electrons. The maximum atomic E-state index is 11.5. The third kappa shape index (κ3) is 1.28. The Morgan fingerprint density at radius 1 is 1.14 bits per heavy atom. The number of aryl methyl sites for hydroxylation is 2. The van der Waals surface area contributed by atoms with Gasteiger partial charge in [0.05, 0.1) is 0 Å². The molecule has 0 aliphatic heterocycles. The average Bonchev–Trinajstić information content (AvgIpc) is 2.71. The Kier molecular flexibility index (Phi) is 1.99. The van der Waals surface area contributed by atoms with E-state index in [-0.39, 0.29) is 5.43 Å². The molecule has 0 aromatic heterocycles. The first kappa shape index (κ1) is 9.45. The summed E-state index contributed by atoms with van der Waals surface area (Å²) in [5.74, 6) is 0.619. The molecule has 1 nitrogen and oxygen atoms in total. The molecule has 2 aromatic rings. The topological polar surface area (TPSA) is 17.1 Å². The van der Waals surface area contributed by atoms with Crippen LogP contribution in [0.2, 0.25) is 0 Å². The van der Waals surface area contributed by atoms with E-state index in [0.29, 0.717) is 5.92 Å². The van der Waals surface area contributed by atoms with Gasteiger partial charge in [0.15, 0.2) is 5.43 Å². The summed E-state index contributed by atoms with van der Waals surface area (Å²) in [6.07, 6.45) is 1.03. The molecule has 0 atom stereocenters. The molecule has 74 valence electrons. The van der Waals surface area contributed by atoms with Crippen molar-refractivity contribution in [2.45, 2.75) is 34.1 Å². The molecule has 0 heterocycles. The molecule has 14 heavy (non-hydrogen) atoms. The van der Waals surface area contributed by atoms with Gasteiger partial charge >= 0.3 is 0 Å². The van der Waals surface area contributed by atoms with Gasteiger partial charge in [0.25, 0.3) is 0 Å². The Morgan fingerprint density at radius 3 is 2.36 bits per heavy atom. The van der Waals surface area contributed by atoms with Gasteiger partial charge in [-0.3, -0.25) is 4.79 Å². The molecular formula is C13H16O. The van der Waals surface area contributed by atoms with E-state index >= 15 is 0 Å². The molecule has 2 aromatic carbocycles. The van der Waals surface area contributed by atoms with Crippen molar-refractivity contribution in [1.82, 2.24) is 0 Å². The van der Waals surface area contributed by atoms with Crippen molar-refractivity contribution in [2.24, 2.45) is 5.92 Å². The summed E-state index contributed by atoms with van der Waals surface area (Å²) in [5.41, 5.74) is 3.99. The van der Waals surface area contributed by atoms with Crippen molar-refractivity contribution in [1.29, 1.82) is 0 Å². The van der Waals surface area contributed by atoms with E-state index in [0.717, 1.165) is 22.8 Å². The van der Waals surface area contributed by atoms with Crippen LogP contribution in [0.15, 0.2) is 10.9 Å². The Balaban J connectivity index is 2.58. The van der Waals surface area contributed by atoms with Crippen LogP contribution in [0.25, 0.3) is 10.8 Å². The van der Waals surface area contributed by atoms with Gasteiger partial charge < -0.3 is 0 Å². The number of fused-ring (bicyclic) bond motifs is 1. The molecule has 0 N–H and O–H groups in total. The standard InChI is InChI=1S/C13H16O/c1-7(2)5-10-8(3)6-9(4)11-12(10)13(11)14/h6-7H,5H2,1-4H3. The van der Waals surface area contributed by atoms with Crippen LogP contribution in [0.1, 0.15) is 30.5 Å². The van der Waals surface area contributed by atoms with Gasteiger partial charge in [0.1, 0.15) is 0 Å². The van der Waals surface area contributed by atoms with Crippen molar-refractivity contribution in [3.8, 4) is 0 Å². The van der Waals surface area contributed by atoms with Crippen molar-refractivity contribution < 1.29 is 0 Å². The van der Waals surface area contributed by atoms with Gasteiger partial charge in [-0.1, -0.05) is 19.9 Å². The quantitative estimate of drug-likeness (QED) is 0.708. The molecule has 0 unspecified atom stereocenters. The normalized spacial score (nSPS) is 12.1. The fraction of sp³-hybridized carbons (Fsp3) is 0.462. The zero-order chi connectivity index (χ0) is 10.5. The fourth-order valence-electron chi connectivity index (χ4n) is 2.19. The first-order valence-corrected chi connectivity index (χ1v) is 5.20. The van der Waals surface area contributed by atoms with Crippen molar-refractivity contribution in [2.75, 3.05) is 0 Å². The number of benzene rings is 1. The van der Waals surface area contributed by atoms with Crippen molar-refractivity contribution >= 4 is 10.8 Å². The molecule has 0 spiro atoms. The van der Waals surface area contributed by atoms with E-state index in [1.807, 2.05) is 6.92 Å². The highest BCUT2D eigenvalue weighted by Gasteiger charge is 2.21. The van der Waals surface area contributed by atoms with Crippen LogP contribution in [0.5, 0.6) is 0 Å². The Bertz CT molecular complexity index is 496. The maximum absolute atomic E-state index is 11.5. The third-order valence-corrected chi connectivity index (χ3v) is 2.86. The molecule has 0 saturated heterocycles. The lowest BCUT2D eigenvalue weighted by Crippen LogP contribution is -1.96. The summed E-state index contributed by atoms with van der Waals surface area (Å²) in [7, 11) is 0. The van der Waals surface area contributed by atoms with Gasteiger partial charge in [0.2, 0.25) is 0 Å². The highest BCUT2D eigenvalue weighted by molar-refractivity contribution is 6.03.